The van der Waals surface area contributed by atoms with Crippen LogP contribution >= 0.6 is 0 Å². The van der Waals surface area contributed by atoms with E-state index in [0.717, 1.165) is 28.3 Å². The van der Waals surface area contributed by atoms with Gasteiger partial charge in [0.15, 0.2) is 0 Å². The minimum Gasteiger partial charge on any atom is -0.332 e. The van der Waals surface area contributed by atoms with Crippen LogP contribution in [0.5, 0.6) is 0 Å². The van der Waals surface area contributed by atoms with Gasteiger partial charge in [-0.3, -0.25) is 0 Å². The van der Waals surface area contributed by atoms with Crippen molar-refractivity contribution in [3.8, 4) is 50.2 Å². The maximum absolute atomic E-state index is 2.55. The van der Waals surface area contributed by atoms with E-state index in [1.54, 1.807) is 0 Å². The number of benzene rings is 11. The average Bonchev–Trinajstić information content (AvgIpc) is 3.95. The van der Waals surface area contributed by atoms with Crippen LogP contribution in [0.4, 0.5) is 28.4 Å². The standard InChI is InChI=1S/C71H51N3/c1-71-47-13-12-30-70(71)74(69-29-11-7-25-65(69)71)66-26-8-4-21-62(66)54-39-45-58(46-40-54)72(56-41-35-50(36-42-56)49-31-33-53(34-32-49)61-24-15-17-52-16-2-3-20-60(52)61)57-43-37-51(38-44-57)55-18-14-19-59(48-55)73-67-27-9-5-22-63(67)64-23-6-10-28-68(64)73/h2-48,70H,1H3. The Kier molecular flexibility index (Phi) is 10.4. The number of allylic oxidation sites excluding steroid dienone is 2. The van der Waals surface area contributed by atoms with Gasteiger partial charge in [0.1, 0.15) is 0 Å². The molecule has 0 spiro atoms. The molecule has 0 saturated heterocycles. The van der Waals surface area contributed by atoms with E-state index >= 15 is 0 Å². The molecule has 350 valence electrons. The minimum atomic E-state index is -0.121. The number of hydrogen-bond donors (Lipinski definition) is 0. The Morgan fingerprint density at radius 1 is 0.378 bits per heavy atom. The van der Waals surface area contributed by atoms with E-state index in [9.17, 15) is 0 Å². The van der Waals surface area contributed by atoms with Crippen molar-refractivity contribution in [2.45, 2.75) is 18.4 Å². The third-order valence-electron chi connectivity index (χ3n) is 15.7. The van der Waals surface area contributed by atoms with Gasteiger partial charge in [0.2, 0.25) is 0 Å². The number of rotatable bonds is 9. The number of fused-ring (bicyclic) bond motifs is 7. The zero-order valence-electron chi connectivity index (χ0n) is 41.1. The lowest BCUT2D eigenvalue weighted by molar-refractivity contribution is 0.551. The molecule has 3 heteroatoms. The molecule has 0 radical (unpaired) electrons. The van der Waals surface area contributed by atoms with Gasteiger partial charge in [0, 0.05) is 55.9 Å². The fourth-order valence-electron chi connectivity index (χ4n) is 12.0. The van der Waals surface area contributed by atoms with E-state index in [4.69, 9.17) is 0 Å². The molecule has 0 saturated carbocycles. The molecular formula is C71H51N3. The molecule has 2 unspecified atom stereocenters. The molecular weight excluding hydrogens is 895 g/mol. The Balaban J connectivity index is 0.822. The molecule has 1 aliphatic heterocycles. The summed E-state index contributed by atoms with van der Waals surface area (Å²) in [7, 11) is 0. The SMILES string of the molecule is CC12C=CC=CC1N(c1ccccc1-c1ccc(N(c3ccc(-c4ccc(-c5cccc6ccccc56)cc4)cc3)c3ccc(-c4cccc(-n5c6ccccc6c6ccccc65)c4)cc3)cc1)c1ccccc12. The second kappa shape index (κ2) is 17.7. The van der Waals surface area contributed by atoms with Crippen LogP contribution in [0, 0.1) is 0 Å². The molecule has 2 heterocycles. The Bertz CT molecular complexity index is 4080. The van der Waals surface area contributed by atoms with E-state index in [2.05, 4.69) is 306 Å². The third-order valence-corrected chi connectivity index (χ3v) is 15.7. The fraction of sp³-hybridized carbons (Fsp3) is 0.0423. The lowest BCUT2D eigenvalue weighted by Crippen LogP contribution is -2.39. The van der Waals surface area contributed by atoms with Crippen LogP contribution in [0.3, 0.4) is 0 Å². The van der Waals surface area contributed by atoms with Gasteiger partial charge in [0.25, 0.3) is 0 Å². The van der Waals surface area contributed by atoms with Crippen LogP contribution in [-0.4, -0.2) is 10.6 Å². The molecule has 1 aliphatic carbocycles. The van der Waals surface area contributed by atoms with Crippen LogP contribution in [0.2, 0.25) is 0 Å². The van der Waals surface area contributed by atoms with Gasteiger partial charge in [-0.1, -0.05) is 212 Å². The van der Waals surface area contributed by atoms with Crippen molar-refractivity contribution in [1.82, 2.24) is 4.57 Å². The van der Waals surface area contributed by atoms with Crippen LogP contribution < -0.4 is 9.80 Å². The number of hydrogen-bond acceptors (Lipinski definition) is 2. The smallest absolute Gasteiger partial charge is 0.0655 e. The van der Waals surface area contributed by atoms with Crippen LogP contribution in [0.15, 0.2) is 285 Å². The topological polar surface area (TPSA) is 11.4 Å². The molecule has 12 aromatic rings. The lowest BCUT2D eigenvalue weighted by Gasteiger charge is -2.35. The summed E-state index contributed by atoms with van der Waals surface area (Å²) in [5, 5.41) is 5.04. The number of aromatic nitrogens is 1. The molecule has 14 rings (SSSR count). The third kappa shape index (κ3) is 7.19. The maximum Gasteiger partial charge on any atom is 0.0655 e. The second-order valence-corrected chi connectivity index (χ2v) is 19.9. The van der Waals surface area contributed by atoms with Crippen molar-refractivity contribution >= 4 is 61.0 Å². The molecule has 2 atom stereocenters. The Morgan fingerprint density at radius 3 is 1.55 bits per heavy atom. The first-order chi connectivity index (χ1) is 36.6. The summed E-state index contributed by atoms with van der Waals surface area (Å²) in [6.07, 6.45) is 9.13. The zero-order valence-corrected chi connectivity index (χ0v) is 41.1. The van der Waals surface area contributed by atoms with Gasteiger partial charge in [-0.25, -0.2) is 0 Å². The monoisotopic (exact) mass is 945 g/mol. The Morgan fingerprint density at radius 2 is 0.865 bits per heavy atom. The number of para-hydroxylation sites is 4. The number of nitrogens with zero attached hydrogens (tertiary/aromatic N) is 3. The van der Waals surface area contributed by atoms with E-state index in [1.165, 1.54) is 88.5 Å². The quantitative estimate of drug-likeness (QED) is 0.143. The van der Waals surface area contributed by atoms with Gasteiger partial charge in [-0.15, -0.1) is 0 Å². The predicted molar refractivity (Wildman–Crippen MR) is 313 cm³/mol. The molecule has 2 aliphatic rings. The van der Waals surface area contributed by atoms with Crippen molar-refractivity contribution in [3.63, 3.8) is 0 Å². The fourth-order valence-corrected chi connectivity index (χ4v) is 12.0. The van der Waals surface area contributed by atoms with Gasteiger partial charge in [-0.2, -0.15) is 0 Å². The summed E-state index contributed by atoms with van der Waals surface area (Å²) in [6.45, 7) is 2.37. The summed E-state index contributed by atoms with van der Waals surface area (Å²) in [5.74, 6) is 0. The van der Waals surface area contributed by atoms with Crippen molar-refractivity contribution in [2.24, 2.45) is 0 Å². The normalized spacial score (nSPS) is 15.7. The largest absolute Gasteiger partial charge is 0.332 e. The van der Waals surface area contributed by atoms with Gasteiger partial charge in [-0.05, 0) is 135 Å². The van der Waals surface area contributed by atoms with E-state index in [0.29, 0.717) is 0 Å². The van der Waals surface area contributed by atoms with Crippen molar-refractivity contribution in [1.29, 1.82) is 0 Å². The Hall–Kier alpha value is -9.44. The van der Waals surface area contributed by atoms with Crippen molar-refractivity contribution < 1.29 is 0 Å². The maximum atomic E-state index is 2.55. The lowest BCUT2D eigenvalue weighted by atomic mass is 9.76. The highest BCUT2D eigenvalue weighted by atomic mass is 15.2. The highest BCUT2D eigenvalue weighted by Crippen LogP contribution is 2.53. The summed E-state index contributed by atoms with van der Waals surface area (Å²) in [5.41, 5.74) is 20.0. The first kappa shape index (κ1) is 43.4. The summed E-state index contributed by atoms with van der Waals surface area (Å²) in [4.78, 5) is 4.92. The van der Waals surface area contributed by atoms with Crippen molar-refractivity contribution in [2.75, 3.05) is 9.80 Å². The second-order valence-electron chi connectivity index (χ2n) is 19.9. The molecule has 11 aromatic carbocycles. The van der Waals surface area contributed by atoms with Crippen LogP contribution in [-0.2, 0) is 5.41 Å². The summed E-state index contributed by atoms with van der Waals surface area (Å²) >= 11 is 0. The molecule has 0 N–H and O–H groups in total. The highest BCUT2D eigenvalue weighted by molar-refractivity contribution is 6.09. The van der Waals surface area contributed by atoms with Crippen molar-refractivity contribution in [3.05, 3.63) is 291 Å². The van der Waals surface area contributed by atoms with Crippen LogP contribution in [0.25, 0.3) is 82.8 Å². The first-order valence-corrected chi connectivity index (χ1v) is 25.7. The Labute approximate surface area is 432 Å². The van der Waals surface area contributed by atoms with E-state index in [-0.39, 0.29) is 11.5 Å². The van der Waals surface area contributed by atoms with E-state index in [1.807, 2.05) is 0 Å². The summed E-state index contributed by atoms with van der Waals surface area (Å²) in [6, 6.07) is 95.7. The van der Waals surface area contributed by atoms with Gasteiger partial charge in [0.05, 0.1) is 17.1 Å². The highest BCUT2D eigenvalue weighted by Gasteiger charge is 2.46. The zero-order chi connectivity index (χ0) is 49.2. The molecule has 0 fully saturated rings. The predicted octanol–water partition coefficient (Wildman–Crippen LogP) is 19.0. The van der Waals surface area contributed by atoms with Gasteiger partial charge >= 0.3 is 0 Å². The number of anilines is 5. The van der Waals surface area contributed by atoms with Gasteiger partial charge < -0.3 is 14.4 Å². The minimum absolute atomic E-state index is 0.121. The first-order valence-electron chi connectivity index (χ1n) is 25.7. The molecule has 74 heavy (non-hydrogen) atoms. The average molecular weight is 946 g/mol. The molecule has 1 aromatic heterocycles. The van der Waals surface area contributed by atoms with Crippen LogP contribution in [0.1, 0.15) is 12.5 Å². The summed E-state index contributed by atoms with van der Waals surface area (Å²) < 4.78 is 2.39. The molecule has 3 nitrogen and oxygen atoms in total. The molecule has 0 bridgehead atoms. The van der Waals surface area contributed by atoms with E-state index < -0.39 is 0 Å². The molecule has 0 amide bonds.